The lowest BCUT2D eigenvalue weighted by Gasteiger charge is -2.47. The summed E-state index contributed by atoms with van der Waals surface area (Å²) in [6.45, 7) is 4.41. The summed E-state index contributed by atoms with van der Waals surface area (Å²) < 4.78 is 0. The van der Waals surface area contributed by atoms with Crippen LogP contribution < -0.4 is 11.1 Å². The highest BCUT2D eigenvalue weighted by Gasteiger charge is 2.50. The first-order valence-electron chi connectivity index (χ1n) is 10.4. The Bertz CT molecular complexity index is 982. The smallest absolute Gasteiger partial charge is 0.0607 e. The van der Waals surface area contributed by atoms with Gasteiger partial charge in [-0.2, -0.15) is 0 Å². The number of hydrogen-bond donors (Lipinski definition) is 3. The Labute approximate surface area is 166 Å². The largest absolute Gasteiger partial charge is 0.393 e. The summed E-state index contributed by atoms with van der Waals surface area (Å²) in [6.07, 6.45) is 7.16. The van der Waals surface area contributed by atoms with Gasteiger partial charge in [0, 0.05) is 22.8 Å². The number of fused-ring (bicyclic) bond motifs is 4. The van der Waals surface area contributed by atoms with Crippen molar-refractivity contribution < 1.29 is 5.11 Å². The van der Waals surface area contributed by atoms with Crippen molar-refractivity contribution in [3.05, 3.63) is 64.5 Å². The molecule has 28 heavy (non-hydrogen) atoms. The molecule has 0 saturated heterocycles. The lowest BCUT2D eigenvalue weighted by atomic mass is 9.58. The van der Waals surface area contributed by atoms with E-state index in [1.54, 1.807) is 0 Å². The Hall–Kier alpha value is -2.17. The van der Waals surface area contributed by atoms with E-state index in [0.29, 0.717) is 0 Å². The molecule has 1 saturated carbocycles. The van der Waals surface area contributed by atoms with Crippen LogP contribution in [0.4, 0.5) is 11.4 Å². The maximum absolute atomic E-state index is 10.3. The second-order valence-electron chi connectivity index (χ2n) is 9.14. The molecule has 0 bridgehead atoms. The van der Waals surface area contributed by atoms with Crippen LogP contribution in [0.3, 0.4) is 0 Å². The number of allylic oxidation sites excluding steroid dienone is 1. The van der Waals surface area contributed by atoms with Crippen molar-refractivity contribution in [3.8, 4) is 0 Å². The van der Waals surface area contributed by atoms with E-state index in [2.05, 4.69) is 41.5 Å². The Morgan fingerprint density at radius 1 is 1.18 bits per heavy atom. The maximum atomic E-state index is 10.3. The van der Waals surface area contributed by atoms with E-state index < -0.39 is 0 Å². The number of nitrogens with zero attached hydrogens (tertiary/aromatic N) is 1. The molecule has 4 N–H and O–H groups in total. The molecule has 0 amide bonds. The molecular formula is C24H29N3O. The molecule has 3 aliphatic carbocycles. The molecule has 146 valence electrons. The number of hydrogen-bond acceptors (Lipinski definition) is 4. The fraction of sp³-hybridized carbons (Fsp3) is 0.458. The average molecular weight is 376 g/mol. The lowest BCUT2D eigenvalue weighted by molar-refractivity contribution is 0.171. The SMILES string of the molecule is Cc1ncccc1Nc1ccc2c(c1)CCC1=C3CC(O)C[C@]3(N)CCC12C. The summed E-state index contributed by atoms with van der Waals surface area (Å²) in [5, 5.41) is 13.8. The molecule has 2 aromatic rings. The van der Waals surface area contributed by atoms with Crippen molar-refractivity contribution in [2.45, 2.75) is 69.4 Å². The predicted octanol–water partition coefficient (Wildman–Crippen LogP) is 4.28. The quantitative estimate of drug-likeness (QED) is 0.685. The molecule has 1 heterocycles. The summed E-state index contributed by atoms with van der Waals surface area (Å²) in [5.74, 6) is 0. The molecule has 0 spiro atoms. The van der Waals surface area contributed by atoms with Crippen molar-refractivity contribution >= 4 is 11.4 Å². The molecule has 1 fully saturated rings. The molecule has 1 aromatic heterocycles. The molecular weight excluding hydrogens is 346 g/mol. The molecule has 0 radical (unpaired) electrons. The van der Waals surface area contributed by atoms with Gasteiger partial charge in [-0.05, 0) is 86.4 Å². The van der Waals surface area contributed by atoms with E-state index in [0.717, 1.165) is 55.6 Å². The van der Waals surface area contributed by atoms with Gasteiger partial charge in [0.05, 0.1) is 17.5 Å². The van der Waals surface area contributed by atoms with Crippen LogP contribution in [0.15, 0.2) is 47.7 Å². The van der Waals surface area contributed by atoms with Crippen molar-refractivity contribution in [2.24, 2.45) is 5.73 Å². The van der Waals surface area contributed by atoms with Crippen LogP contribution in [0.5, 0.6) is 0 Å². The van der Waals surface area contributed by atoms with Crippen molar-refractivity contribution in [3.63, 3.8) is 0 Å². The molecule has 5 rings (SSSR count). The predicted molar refractivity (Wildman–Crippen MR) is 113 cm³/mol. The third-order valence-electron chi connectivity index (χ3n) is 7.37. The Balaban J connectivity index is 1.52. The summed E-state index contributed by atoms with van der Waals surface area (Å²) in [4.78, 5) is 4.37. The van der Waals surface area contributed by atoms with Crippen LogP contribution in [0.2, 0.25) is 0 Å². The van der Waals surface area contributed by atoms with Crippen LogP contribution in [0.1, 0.15) is 55.8 Å². The minimum absolute atomic E-state index is 0.0542. The maximum Gasteiger partial charge on any atom is 0.0607 e. The second-order valence-corrected chi connectivity index (χ2v) is 9.14. The second kappa shape index (κ2) is 6.16. The normalized spacial score (nSPS) is 31.2. The van der Waals surface area contributed by atoms with Gasteiger partial charge in [0.1, 0.15) is 0 Å². The monoisotopic (exact) mass is 375 g/mol. The molecule has 2 unspecified atom stereocenters. The van der Waals surface area contributed by atoms with Gasteiger partial charge in [-0.3, -0.25) is 4.98 Å². The standard InChI is InChI=1S/C24H29N3O/c1-15-22(4-3-11-26-15)27-17-6-8-19-16(12-17)5-7-20-21-13-18(28)14-24(21,25)10-9-23(19,20)2/h3-4,6,8,11-12,18,27-28H,5,7,9-10,13-14,25H2,1-2H3/t18?,23?,24-/m1/s1. The number of aliphatic hydroxyl groups is 1. The fourth-order valence-electron chi connectivity index (χ4n) is 5.86. The number of rotatable bonds is 2. The van der Waals surface area contributed by atoms with Crippen molar-refractivity contribution in [1.82, 2.24) is 4.98 Å². The number of nitrogens with two attached hydrogens (primary N) is 1. The summed E-state index contributed by atoms with van der Waals surface area (Å²) in [6, 6.07) is 10.8. The number of anilines is 2. The van der Waals surface area contributed by atoms with Gasteiger partial charge in [0.2, 0.25) is 0 Å². The van der Waals surface area contributed by atoms with Gasteiger partial charge in [0.25, 0.3) is 0 Å². The number of aromatic nitrogens is 1. The molecule has 4 nitrogen and oxygen atoms in total. The highest BCUT2D eigenvalue weighted by atomic mass is 16.3. The van der Waals surface area contributed by atoms with E-state index >= 15 is 0 Å². The Morgan fingerprint density at radius 3 is 2.86 bits per heavy atom. The van der Waals surface area contributed by atoms with Gasteiger partial charge in [-0.25, -0.2) is 0 Å². The van der Waals surface area contributed by atoms with Crippen LogP contribution in [-0.4, -0.2) is 21.7 Å². The number of nitrogens with one attached hydrogen (secondary N) is 1. The Kier molecular flexibility index (Phi) is 3.94. The lowest BCUT2D eigenvalue weighted by Crippen LogP contribution is -2.48. The highest BCUT2D eigenvalue weighted by Crippen LogP contribution is 2.55. The zero-order valence-corrected chi connectivity index (χ0v) is 16.8. The summed E-state index contributed by atoms with van der Waals surface area (Å²) in [7, 11) is 0. The van der Waals surface area contributed by atoms with Gasteiger partial charge in [0.15, 0.2) is 0 Å². The van der Waals surface area contributed by atoms with E-state index in [9.17, 15) is 5.11 Å². The van der Waals surface area contributed by atoms with Gasteiger partial charge in [-0.15, -0.1) is 0 Å². The molecule has 3 atom stereocenters. The van der Waals surface area contributed by atoms with Gasteiger partial charge in [-0.1, -0.05) is 18.6 Å². The minimum atomic E-state index is -0.273. The Morgan fingerprint density at radius 2 is 2.04 bits per heavy atom. The van der Waals surface area contributed by atoms with Crippen LogP contribution in [-0.2, 0) is 11.8 Å². The van der Waals surface area contributed by atoms with E-state index in [1.165, 1.54) is 22.3 Å². The molecule has 1 aromatic carbocycles. The van der Waals surface area contributed by atoms with E-state index in [4.69, 9.17) is 5.73 Å². The topological polar surface area (TPSA) is 71.2 Å². The zero-order valence-electron chi connectivity index (χ0n) is 16.8. The molecule has 3 aliphatic rings. The van der Waals surface area contributed by atoms with Gasteiger partial charge >= 0.3 is 0 Å². The molecule has 0 aliphatic heterocycles. The first-order valence-corrected chi connectivity index (χ1v) is 10.4. The van der Waals surface area contributed by atoms with Crippen molar-refractivity contribution in [2.75, 3.05) is 5.32 Å². The number of pyridine rings is 1. The van der Waals surface area contributed by atoms with E-state index in [-0.39, 0.29) is 17.1 Å². The summed E-state index contributed by atoms with van der Waals surface area (Å²) >= 11 is 0. The number of benzene rings is 1. The number of aryl methyl sites for hydroxylation is 2. The van der Waals surface area contributed by atoms with E-state index in [1.807, 2.05) is 19.2 Å². The van der Waals surface area contributed by atoms with Crippen LogP contribution in [0, 0.1) is 6.92 Å². The van der Waals surface area contributed by atoms with Crippen molar-refractivity contribution in [1.29, 1.82) is 0 Å². The zero-order chi connectivity index (χ0) is 19.5. The fourth-order valence-corrected chi connectivity index (χ4v) is 5.86. The third-order valence-corrected chi connectivity index (χ3v) is 7.37. The molecule has 4 heteroatoms. The summed E-state index contributed by atoms with van der Waals surface area (Å²) in [5.41, 5.74) is 15.4. The minimum Gasteiger partial charge on any atom is -0.393 e. The van der Waals surface area contributed by atoms with Gasteiger partial charge < -0.3 is 16.2 Å². The average Bonchev–Trinajstić information content (AvgIpc) is 2.97. The first-order chi connectivity index (χ1) is 13.4. The first kappa shape index (κ1) is 17.9. The highest BCUT2D eigenvalue weighted by molar-refractivity contribution is 5.64. The third kappa shape index (κ3) is 2.62. The van der Waals surface area contributed by atoms with Crippen LogP contribution >= 0.6 is 0 Å². The number of aliphatic hydroxyl groups excluding tert-OH is 1. The van der Waals surface area contributed by atoms with Crippen LogP contribution in [0.25, 0.3) is 0 Å².